The van der Waals surface area contributed by atoms with Crippen molar-refractivity contribution in [2.45, 2.75) is 6.42 Å². The summed E-state index contributed by atoms with van der Waals surface area (Å²) in [4.78, 5) is 14.9. The van der Waals surface area contributed by atoms with Crippen LogP contribution in [-0.2, 0) is 6.42 Å². The molecule has 0 atom stereocenters. The van der Waals surface area contributed by atoms with Gasteiger partial charge in [-0.25, -0.2) is 4.39 Å². The Labute approximate surface area is 115 Å². The molecule has 0 saturated carbocycles. The van der Waals surface area contributed by atoms with E-state index in [-0.39, 0.29) is 17.2 Å². The van der Waals surface area contributed by atoms with Gasteiger partial charge in [0.2, 0.25) is 0 Å². The molecular weight excluding hydrogens is 263 g/mol. The Balaban J connectivity index is 2.04. The van der Waals surface area contributed by atoms with Gasteiger partial charge in [-0.15, -0.1) is 11.3 Å². The zero-order valence-corrected chi connectivity index (χ0v) is 11.4. The maximum atomic E-state index is 13.3. The second-order valence-corrected chi connectivity index (χ2v) is 5.29. The highest BCUT2D eigenvalue weighted by Gasteiger charge is 2.16. The van der Waals surface area contributed by atoms with Crippen LogP contribution in [0, 0.1) is 5.82 Å². The zero-order valence-electron chi connectivity index (χ0n) is 10.6. The van der Waals surface area contributed by atoms with Crippen molar-refractivity contribution in [3.63, 3.8) is 0 Å². The fourth-order valence-corrected chi connectivity index (χ4v) is 2.46. The SMILES string of the molecule is CN(CCc1cccs1)C(=O)c1cccc(F)c1N. The first-order valence-electron chi connectivity index (χ1n) is 5.91. The summed E-state index contributed by atoms with van der Waals surface area (Å²) in [5, 5.41) is 2.00. The smallest absolute Gasteiger partial charge is 0.255 e. The van der Waals surface area contributed by atoms with E-state index in [1.807, 2.05) is 17.5 Å². The molecule has 0 unspecified atom stereocenters. The summed E-state index contributed by atoms with van der Waals surface area (Å²) in [6.07, 6.45) is 0.787. The molecule has 1 amide bonds. The van der Waals surface area contributed by atoms with Gasteiger partial charge in [-0.1, -0.05) is 12.1 Å². The van der Waals surface area contributed by atoms with Gasteiger partial charge in [-0.2, -0.15) is 0 Å². The molecule has 0 radical (unpaired) electrons. The summed E-state index contributed by atoms with van der Waals surface area (Å²) in [7, 11) is 1.69. The standard InChI is InChI=1S/C14H15FN2OS/c1-17(8-7-10-4-3-9-19-10)14(18)11-5-2-6-12(15)13(11)16/h2-6,9H,7-8,16H2,1H3. The van der Waals surface area contributed by atoms with Crippen LogP contribution >= 0.6 is 11.3 Å². The van der Waals surface area contributed by atoms with Gasteiger partial charge in [0.1, 0.15) is 5.82 Å². The number of anilines is 1. The zero-order chi connectivity index (χ0) is 13.8. The lowest BCUT2D eigenvalue weighted by Gasteiger charge is -2.17. The summed E-state index contributed by atoms with van der Waals surface area (Å²) in [6, 6.07) is 8.29. The van der Waals surface area contributed by atoms with Gasteiger partial charge in [0.25, 0.3) is 5.91 Å². The molecule has 0 fully saturated rings. The van der Waals surface area contributed by atoms with Crippen molar-refractivity contribution < 1.29 is 9.18 Å². The van der Waals surface area contributed by atoms with Gasteiger partial charge in [0.15, 0.2) is 0 Å². The van der Waals surface area contributed by atoms with Gasteiger partial charge >= 0.3 is 0 Å². The molecule has 2 N–H and O–H groups in total. The second-order valence-electron chi connectivity index (χ2n) is 4.26. The molecule has 0 aliphatic carbocycles. The lowest BCUT2D eigenvalue weighted by atomic mass is 10.1. The van der Waals surface area contributed by atoms with Crippen molar-refractivity contribution in [1.82, 2.24) is 4.90 Å². The van der Waals surface area contributed by atoms with Crippen molar-refractivity contribution in [3.05, 3.63) is 52.0 Å². The Kier molecular flexibility index (Phi) is 4.16. The van der Waals surface area contributed by atoms with E-state index in [2.05, 4.69) is 0 Å². The van der Waals surface area contributed by atoms with Gasteiger partial charge in [-0.3, -0.25) is 4.79 Å². The van der Waals surface area contributed by atoms with E-state index in [4.69, 9.17) is 5.73 Å². The molecule has 1 aromatic heterocycles. The number of thiophene rings is 1. The maximum Gasteiger partial charge on any atom is 0.255 e. The van der Waals surface area contributed by atoms with Crippen molar-refractivity contribution in [1.29, 1.82) is 0 Å². The fraction of sp³-hybridized carbons (Fsp3) is 0.214. The number of carbonyl (C=O) groups excluding carboxylic acids is 1. The molecule has 2 rings (SSSR count). The Hall–Kier alpha value is -1.88. The number of rotatable bonds is 4. The number of hydrogen-bond donors (Lipinski definition) is 1. The average Bonchev–Trinajstić information content (AvgIpc) is 2.91. The molecule has 0 aliphatic heterocycles. The number of nitrogen functional groups attached to an aromatic ring is 1. The van der Waals surface area contributed by atoms with E-state index < -0.39 is 5.82 Å². The highest BCUT2D eigenvalue weighted by Crippen LogP contribution is 2.18. The predicted molar refractivity (Wildman–Crippen MR) is 75.8 cm³/mol. The molecule has 1 heterocycles. The molecule has 3 nitrogen and oxygen atoms in total. The number of amides is 1. The van der Waals surface area contributed by atoms with Crippen LogP contribution < -0.4 is 5.73 Å². The van der Waals surface area contributed by atoms with E-state index in [1.165, 1.54) is 17.0 Å². The van der Waals surface area contributed by atoms with E-state index in [9.17, 15) is 9.18 Å². The number of nitrogens with zero attached hydrogens (tertiary/aromatic N) is 1. The van der Waals surface area contributed by atoms with Crippen molar-refractivity contribution >= 4 is 22.9 Å². The molecule has 0 saturated heterocycles. The second kappa shape index (κ2) is 5.84. The van der Waals surface area contributed by atoms with Crippen LogP contribution in [0.1, 0.15) is 15.2 Å². The molecule has 0 spiro atoms. The molecule has 0 bridgehead atoms. The summed E-state index contributed by atoms with van der Waals surface area (Å²) in [5.74, 6) is -0.814. The summed E-state index contributed by atoms with van der Waals surface area (Å²) < 4.78 is 13.3. The third-order valence-corrected chi connectivity index (χ3v) is 3.84. The maximum absolute atomic E-state index is 13.3. The lowest BCUT2D eigenvalue weighted by molar-refractivity contribution is 0.0797. The Morgan fingerprint density at radius 1 is 1.37 bits per heavy atom. The molecule has 1 aromatic carbocycles. The lowest BCUT2D eigenvalue weighted by Crippen LogP contribution is -2.29. The highest BCUT2D eigenvalue weighted by atomic mass is 32.1. The first-order valence-corrected chi connectivity index (χ1v) is 6.79. The third kappa shape index (κ3) is 3.12. The molecule has 2 aromatic rings. The van der Waals surface area contributed by atoms with E-state index >= 15 is 0 Å². The third-order valence-electron chi connectivity index (χ3n) is 2.90. The van der Waals surface area contributed by atoms with Crippen molar-refractivity contribution in [3.8, 4) is 0 Å². The van der Waals surface area contributed by atoms with Crippen LogP contribution in [0.5, 0.6) is 0 Å². The minimum Gasteiger partial charge on any atom is -0.396 e. The number of likely N-dealkylation sites (N-methyl/N-ethyl adjacent to an activating group) is 1. The summed E-state index contributed by atoms with van der Waals surface area (Å²) in [5.41, 5.74) is 5.72. The summed E-state index contributed by atoms with van der Waals surface area (Å²) >= 11 is 1.66. The van der Waals surface area contributed by atoms with Crippen LogP contribution in [0.25, 0.3) is 0 Å². The predicted octanol–water partition coefficient (Wildman–Crippen LogP) is 2.78. The topological polar surface area (TPSA) is 46.3 Å². The van der Waals surface area contributed by atoms with Gasteiger partial charge in [0.05, 0.1) is 11.3 Å². The first-order chi connectivity index (χ1) is 9.09. The number of nitrogens with two attached hydrogens (primary N) is 1. The van der Waals surface area contributed by atoms with E-state index in [1.54, 1.807) is 29.4 Å². The number of halogens is 1. The quantitative estimate of drug-likeness (QED) is 0.874. The van der Waals surface area contributed by atoms with Crippen molar-refractivity contribution in [2.24, 2.45) is 0 Å². The number of hydrogen-bond acceptors (Lipinski definition) is 3. The number of para-hydroxylation sites is 1. The Morgan fingerprint density at radius 3 is 2.84 bits per heavy atom. The van der Waals surface area contributed by atoms with E-state index in [0.29, 0.717) is 6.54 Å². The minimum atomic E-state index is -0.558. The van der Waals surface area contributed by atoms with Gasteiger partial charge in [-0.05, 0) is 30.0 Å². The Bertz CT molecular complexity index is 569. The van der Waals surface area contributed by atoms with Gasteiger partial charge < -0.3 is 10.6 Å². The van der Waals surface area contributed by atoms with E-state index in [0.717, 1.165) is 6.42 Å². The highest BCUT2D eigenvalue weighted by molar-refractivity contribution is 7.09. The van der Waals surface area contributed by atoms with Gasteiger partial charge in [0, 0.05) is 18.5 Å². The van der Waals surface area contributed by atoms with Crippen LogP contribution in [0.2, 0.25) is 0 Å². The Morgan fingerprint density at radius 2 is 2.16 bits per heavy atom. The summed E-state index contributed by atoms with van der Waals surface area (Å²) in [6.45, 7) is 0.579. The normalized spacial score (nSPS) is 10.4. The average molecular weight is 278 g/mol. The molecule has 19 heavy (non-hydrogen) atoms. The number of benzene rings is 1. The number of carbonyl (C=O) groups is 1. The molecular formula is C14H15FN2OS. The van der Waals surface area contributed by atoms with Crippen LogP contribution in [0.4, 0.5) is 10.1 Å². The van der Waals surface area contributed by atoms with Crippen LogP contribution in [-0.4, -0.2) is 24.4 Å². The fourth-order valence-electron chi connectivity index (χ4n) is 1.76. The first kappa shape index (κ1) is 13.5. The van der Waals surface area contributed by atoms with Crippen LogP contribution in [0.15, 0.2) is 35.7 Å². The molecule has 100 valence electrons. The largest absolute Gasteiger partial charge is 0.396 e. The molecule has 0 aliphatic rings. The van der Waals surface area contributed by atoms with Crippen LogP contribution in [0.3, 0.4) is 0 Å². The molecule has 5 heteroatoms. The van der Waals surface area contributed by atoms with Crippen molar-refractivity contribution in [2.75, 3.05) is 19.3 Å². The monoisotopic (exact) mass is 278 g/mol. The minimum absolute atomic E-state index is 0.0875.